The van der Waals surface area contributed by atoms with Gasteiger partial charge in [-0.05, 0) is 43.7 Å². The van der Waals surface area contributed by atoms with E-state index in [0.717, 1.165) is 37.2 Å². The average Bonchev–Trinajstić information content (AvgIpc) is 2.47. The fraction of sp³-hybridized carbons (Fsp3) is 0.375. The minimum absolute atomic E-state index is 0.460. The molecule has 3 heteroatoms. The van der Waals surface area contributed by atoms with Crippen LogP contribution in [0.5, 0.6) is 0 Å². The predicted octanol–water partition coefficient (Wildman–Crippen LogP) is 2.63. The van der Waals surface area contributed by atoms with Gasteiger partial charge in [0, 0.05) is 36.2 Å². The van der Waals surface area contributed by atoms with E-state index in [-0.39, 0.29) is 0 Å². The van der Waals surface area contributed by atoms with E-state index >= 15 is 0 Å². The van der Waals surface area contributed by atoms with Crippen molar-refractivity contribution in [3.05, 3.63) is 60.2 Å². The second-order valence-corrected chi connectivity index (χ2v) is 4.64. The first kappa shape index (κ1) is 13.7. The number of hydrogen-bond donors (Lipinski definition) is 1. The molecule has 2 aromatic heterocycles. The molecule has 0 aromatic carbocycles. The first-order chi connectivity index (χ1) is 9.38. The van der Waals surface area contributed by atoms with E-state index in [4.69, 9.17) is 0 Å². The molecule has 1 N–H and O–H groups in total. The fourth-order valence-electron chi connectivity index (χ4n) is 2.20. The standard InChI is InChI=1S/C16H21N3/c1-2-17-16(13-15-8-4-6-12-19-15)10-9-14-7-3-5-11-18-14/h3-8,11-12,16-17H,2,9-10,13H2,1H3. The fourth-order valence-corrected chi connectivity index (χ4v) is 2.20. The SMILES string of the molecule is CCNC(CCc1ccccn1)Cc1ccccn1. The molecule has 2 aromatic rings. The van der Waals surface area contributed by atoms with Gasteiger partial charge in [0.2, 0.25) is 0 Å². The van der Waals surface area contributed by atoms with Crippen LogP contribution in [0, 0.1) is 0 Å². The highest BCUT2D eigenvalue weighted by atomic mass is 14.9. The maximum atomic E-state index is 4.40. The van der Waals surface area contributed by atoms with E-state index in [1.165, 1.54) is 0 Å². The van der Waals surface area contributed by atoms with E-state index in [1.807, 2.05) is 36.7 Å². The summed E-state index contributed by atoms with van der Waals surface area (Å²) in [6, 6.07) is 12.6. The third kappa shape index (κ3) is 4.79. The molecule has 0 saturated heterocycles. The van der Waals surface area contributed by atoms with Gasteiger partial charge in [0.1, 0.15) is 0 Å². The highest BCUT2D eigenvalue weighted by Gasteiger charge is 2.09. The van der Waals surface area contributed by atoms with Crippen molar-refractivity contribution in [3.8, 4) is 0 Å². The predicted molar refractivity (Wildman–Crippen MR) is 78.0 cm³/mol. The Balaban J connectivity index is 1.89. The van der Waals surface area contributed by atoms with Crippen LogP contribution in [-0.4, -0.2) is 22.6 Å². The quantitative estimate of drug-likeness (QED) is 0.826. The molecular weight excluding hydrogens is 234 g/mol. The Hall–Kier alpha value is -1.74. The highest BCUT2D eigenvalue weighted by molar-refractivity contribution is 5.07. The largest absolute Gasteiger partial charge is 0.314 e. The normalized spacial score (nSPS) is 12.3. The number of aromatic nitrogens is 2. The van der Waals surface area contributed by atoms with E-state index in [0.29, 0.717) is 6.04 Å². The van der Waals surface area contributed by atoms with Crippen LogP contribution in [0.15, 0.2) is 48.8 Å². The monoisotopic (exact) mass is 255 g/mol. The lowest BCUT2D eigenvalue weighted by Crippen LogP contribution is -2.31. The molecule has 0 aliphatic heterocycles. The van der Waals surface area contributed by atoms with Crippen molar-refractivity contribution in [2.24, 2.45) is 0 Å². The van der Waals surface area contributed by atoms with E-state index in [2.05, 4.69) is 34.3 Å². The van der Waals surface area contributed by atoms with E-state index < -0.39 is 0 Å². The Labute approximate surface area is 115 Å². The molecule has 2 rings (SSSR count). The number of pyridine rings is 2. The maximum Gasteiger partial charge on any atom is 0.0419 e. The van der Waals surface area contributed by atoms with Crippen LogP contribution in [0.2, 0.25) is 0 Å². The molecule has 3 nitrogen and oxygen atoms in total. The lowest BCUT2D eigenvalue weighted by atomic mass is 10.0. The van der Waals surface area contributed by atoms with Crippen LogP contribution < -0.4 is 5.32 Å². The van der Waals surface area contributed by atoms with E-state index in [1.54, 1.807) is 0 Å². The van der Waals surface area contributed by atoms with Crippen molar-refractivity contribution in [3.63, 3.8) is 0 Å². The third-order valence-electron chi connectivity index (χ3n) is 3.15. The summed E-state index contributed by atoms with van der Waals surface area (Å²) in [5.74, 6) is 0. The zero-order valence-corrected chi connectivity index (χ0v) is 11.4. The Morgan fingerprint density at radius 3 is 2.26 bits per heavy atom. The molecule has 0 aliphatic carbocycles. The van der Waals surface area contributed by atoms with Gasteiger partial charge in [-0.3, -0.25) is 9.97 Å². The molecule has 0 radical (unpaired) electrons. The van der Waals surface area contributed by atoms with Crippen molar-refractivity contribution in [2.75, 3.05) is 6.54 Å². The summed E-state index contributed by atoms with van der Waals surface area (Å²) in [7, 11) is 0. The molecule has 0 bridgehead atoms. The van der Waals surface area contributed by atoms with Crippen molar-refractivity contribution in [2.45, 2.75) is 32.2 Å². The lowest BCUT2D eigenvalue weighted by molar-refractivity contribution is 0.485. The van der Waals surface area contributed by atoms with Crippen molar-refractivity contribution >= 4 is 0 Å². The number of rotatable bonds is 7. The molecule has 0 aliphatic rings. The number of nitrogens with zero attached hydrogens (tertiary/aromatic N) is 2. The molecule has 0 amide bonds. The molecular formula is C16H21N3. The Bertz CT molecular complexity index is 456. The topological polar surface area (TPSA) is 37.8 Å². The van der Waals surface area contributed by atoms with Gasteiger partial charge in [-0.1, -0.05) is 19.1 Å². The number of aryl methyl sites for hydroxylation is 1. The zero-order valence-electron chi connectivity index (χ0n) is 11.4. The van der Waals surface area contributed by atoms with Crippen molar-refractivity contribution in [1.82, 2.24) is 15.3 Å². The summed E-state index contributed by atoms with van der Waals surface area (Å²) < 4.78 is 0. The second kappa shape index (κ2) is 7.64. The zero-order chi connectivity index (χ0) is 13.3. The van der Waals surface area contributed by atoms with Gasteiger partial charge in [0.05, 0.1) is 0 Å². The van der Waals surface area contributed by atoms with Crippen molar-refractivity contribution < 1.29 is 0 Å². The summed E-state index contributed by atoms with van der Waals surface area (Å²) in [5, 5.41) is 3.53. The van der Waals surface area contributed by atoms with Gasteiger partial charge in [-0.25, -0.2) is 0 Å². The molecule has 1 atom stereocenters. The Morgan fingerprint density at radius 2 is 1.68 bits per heavy atom. The molecule has 19 heavy (non-hydrogen) atoms. The van der Waals surface area contributed by atoms with Crippen LogP contribution in [-0.2, 0) is 12.8 Å². The van der Waals surface area contributed by atoms with Crippen LogP contribution in [0.4, 0.5) is 0 Å². The summed E-state index contributed by atoms with van der Waals surface area (Å²) >= 11 is 0. The van der Waals surface area contributed by atoms with Gasteiger partial charge in [-0.2, -0.15) is 0 Å². The number of likely N-dealkylation sites (N-methyl/N-ethyl adjacent to an activating group) is 1. The summed E-state index contributed by atoms with van der Waals surface area (Å²) in [5.41, 5.74) is 2.31. The molecule has 0 spiro atoms. The third-order valence-corrected chi connectivity index (χ3v) is 3.15. The molecule has 100 valence electrons. The van der Waals surface area contributed by atoms with Crippen molar-refractivity contribution in [1.29, 1.82) is 0 Å². The van der Waals surface area contributed by atoms with Crippen LogP contribution in [0.25, 0.3) is 0 Å². The summed E-state index contributed by atoms with van der Waals surface area (Å²) in [6.45, 7) is 3.13. The maximum absolute atomic E-state index is 4.40. The smallest absolute Gasteiger partial charge is 0.0419 e. The first-order valence-corrected chi connectivity index (χ1v) is 6.91. The van der Waals surface area contributed by atoms with Gasteiger partial charge in [-0.15, -0.1) is 0 Å². The molecule has 0 saturated carbocycles. The molecule has 2 heterocycles. The van der Waals surface area contributed by atoms with Crippen LogP contribution in [0.3, 0.4) is 0 Å². The lowest BCUT2D eigenvalue weighted by Gasteiger charge is -2.17. The first-order valence-electron chi connectivity index (χ1n) is 6.91. The molecule has 0 fully saturated rings. The summed E-state index contributed by atoms with van der Waals surface area (Å²) in [6.07, 6.45) is 6.78. The minimum Gasteiger partial charge on any atom is -0.314 e. The Morgan fingerprint density at radius 1 is 1.00 bits per heavy atom. The van der Waals surface area contributed by atoms with Gasteiger partial charge in [0.15, 0.2) is 0 Å². The summed E-state index contributed by atoms with van der Waals surface area (Å²) in [4.78, 5) is 8.77. The average molecular weight is 255 g/mol. The van der Waals surface area contributed by atoms with Crippen LogP contribution >= 0.6 is 0 Å². The van der Waals surface area contributed by atoms with E-state index in [9.17, 15) is 0 Å². The second-order valence-electron chi connectivity index (χ2n) is 4.64. The Kier molecular flexibility index (Phi) is 5.50. The van der Waals surface area contributed by atoms with Crippen LogP contribution in [0.1, 0.15) is 24.7 Å². The number of hydrogen-bond acceptors (Lipinski definition) is 3. The highest BCUT2D eigenvalue weighted by Crippen LogP contribution is 2.07. The van der Waals surface area contributed by atoms with Gasteiger partial charge in [0.25, 0.3) is 0 Å². The molecule has 1 unspecified atom stereocenters. The number of nitrogens with one attached hydrogen (secondary N) is 1. The van der Waals surface area contributed by atoms with Gasteiger partial charge >= 0.3 is 0 Å². The minimum atomic E-state index is 0.460. The van der Waals surface area contributed by atoms with Gasteiger partial charge < -0.3 is 5.32 Å².